The van der Waals surface area contributed by atoms with Gasteiger partial charge < -0.3 is 4.52 Å². The molecule has 1 heterocycles. The van der Waals surface area contributed by atoms with Crippen molar-refractivity contribution >= 4 is 0 Å². The summed E-state index contributed by atoms with van der Waals surface area (Å²) in [6.07, 6.45) is 3.69. The van der Waals surface area contributed by atoms with Crippen LogP contribution in [-0.2, 0) is 19.3 Å². The van der Waals surface area contributed by atoms with Gasteiger partial charge in [-0.05, 0) is 18.4 Å². The molecule has 0 aliphatic rings. The van der Waals surface area contributed by atoms with Gasteiger partial charge in [-0.2, -0.15) is 10.2 Å². The maximum Gasteiger partial charge on any atom is 0.226 e. The standard InChI is InChI=1S/C14H15N3O/c15-11-5-4-8-14-16-13(17-18-14)10-9-12-6-2-1-3-7-12/h1-3,6-7H,4-5,8-10H2. The maximum absolute atomic E-state index is 8.44. The van der Waals surface area contributed by atoms with E-state index in [0.29, 0.717) is 18.7 Å². The van der Waals surface area contributed by atoms with Crippen LogP contribution in [0.25, 0.3) is 0 Å². The van der Waals surface area contributed by atoms with E-state index >= 15 is 0 Å². The van der Waals surface area contributed by atoms with Crippen LogP contribution in [-0.4, -0.2) is 10.1 Å². The van der Waals surface area contributed by atoms with Crippen molar-refractivity contribution in [1.82, 2.24) is 10.1 Å². The molecule has 0 spiro atoms. The number of hydrogen-bond donors (Lipinski definition) is 0. The molecule has 1 aromatic heterocycles. The summed E-state index contributed by atoms with van der Waals surface area (Å²) < 4.78 is 5.13. The quantitative estimate of drug-likeness (QED) is 0.729. The van der Waals surface area contributed by atoms with Crippen molar-refractivity contribution in [2.75, 3.05) is 0 Å². The maximum atomic E-state index is 8.44. The molecule has 0 bridgehead atoms. The van der Waals surface area contributed by atoms with Crippen molar-refractivity contribution in [3.8, 4) is 6.07 Å². The van der Waals surface area contributed by atoms with Gasteiger partial charge in [0, 0.05) is 19.3 Å². The van der Waals surface area contributed by atoms with Crippen LogP contribution in [0.4, 0.5) is 0 Å². The van der Waals surface area contributed by atoms with Gasteiger partial charge in [-0.1, -0.05) is 35.5 Å². The zero-order valence-corrected chi connectivity index (χ0v) is 10.2. The van der Waals surface area contributed by atoms with Crippen molar-refractivity contribution < 1.29 is 4.52 Å². The largest absolute Gasteiger partial charge is 0.339 e. The summed E-state index contributed by atoms with van der Waals surface area (Å²) in [5.74, 6) is 1.37. The second-order valence-electron chi connectivity index (χ2n) is 4.10. The summed E-state index contributed by atoms with van der Waals surface area (Å²) in [6.45, 7) is 0. The van der Waals surface area contributed by atoms with Crippen LogP contribution in [0.5, 0.6) is 0 Å². The summed E-state index contributed by atoms with van der Waals surface area (Å²) in [6, 6.07) is 12.3. The molecule has 4 nitrogen and oxygen atoms in total. The van der Waals surface area contributed by atoms with Crippen molar-refractivity contribution in [3.63, 3.8) is 0 Å². The molecule has 0 N–H and O–H groups in total. The Morgan fingerprint density at radius 3 is 2.72 bits per heavy atom. The average molecular weight is 241 g/mol. The van der Waals surface area contributed by atoms with Crippen LogP contribution in [0.2, 0.25) is 0 Å². The highest BCUT2D eigenvalue weighted by atomic mass is 16.5. The predicted octanol–water partition coefficient (Wildman–Crippen LogP) is 2.70. The van der Waals surface area contributed by atoms with Gasteiger partial charge >= 0.3 is 0 Å². The number of rotatable bonds is 6. The lowest BCUT2D eigenvalue weighted by molar-refractivity contribution is 0.371. The van der Waals surface area contributed by atoms with E-state index in [1.165, 1.54) is 5.56 Å². The average Bonchev–Trinajstić information content (AvgIpc) is 2.86. The molecule has 0 amide bonds. The van der Waals surface area contributed by atoms with E-state index in [1.54, 1.807) is 0 Å². The fraction of sp³-hybridized carbons (Fsp3) is 0.357. The molecule has 2 rings (SSSR count). The van der Waals surface area contributed by atoms with Gasteiger partial charge in [0.05, 0.1) is 6.07 Å². The molecule has 0 unspecified atom stereocenters. The Kier molecular flexibility index (Phi) is 4.48. The summed E-state index contributed by atoms with van der Waals surface area (Å²) in [5.41, 5.74) is 1.27. The molecule has 0 saturated carbocycles. The van der Waals surface area contributed by atoms with Crippen molar-refractivity contribution in [1.29, 1.82) is 5.26 Å². The molecule has 0 aliphatic carbocycles. The second kappa shape index (κ2) is 6.55. The number of benzene rings is 1. The lowest BCUT2D eigenvalue weighted by atomic mass is 10.1. The van der Waals surface area contributed by atoms with Crippen LogP contribution < -0.4 is 0 Å². The van der Waals surface area contributed by atoms with Crippen LogP contribution >= 0.6 is 0 Å². The Balaban J connectivity index is 1.82. The minimum atomic E-state index is 0.529. The molecule has 0 aliphatic heterocycles. The lowest BCUT2D eigenvalue weighted by Gasteiger charge is -1.96. The number of nitriles is 1. The topological polar surface area (TPSA) is 62.7 Å². The van der Waals surface area contributed by atoms with E-state index in [-0.39, 0.29) is 0 Å². The highest BCUT2D eigenvalue weighted by Gasteiger charge is 2.06. The summed E-state index contributed by atoms with van der Waals surface area (Å²) >= 11 is 0. The fourth-order valence-corrected chi connectivity index (χ4v) is 1.71. The van der Waals surface area contributed by atoms with E-state index in [2.05, 4.69) is 28.3 Å². The summed E-state index contributed by atoms with van der Waals surface area (Å²) in [4.78, 5) is 4.31. The van der Waals surface area contributed by atoms with E-state index in [1.807, 2.05) is 18.2 Å². The van der Waals surface area contributed by atoms with Crippen molar-refractivity contribution in [3.05, 3.63) is 47.6 Å². The smallest absolute Gasteiger partial charge is 0.226 e. The molecule has 0 fully saturated rings. The zero-order valence-electron chi connectivity index (χ0n) is 10.2. The highest BCUT2D eigenvalue weighted by molar-refractivity contribution is 5.15. The Morgan fingerprint density at radius 1 is 1.11 bits per heavy atom. The minimum absolute atomic E-state index is 0.529. The molecule has 0 saturated heterocycles. The fourth-order valence-electron chi connectivity index (χ4n) is 1.71. The minimum Gasteiger partial charge on any atom is -0.339 e. The van der Waals surface area contributed by atoms with Gasteiger partial charge in [0.1, 0.15) is 0 Å². The normalized spacial score (nSPS) is 10.2. The van der Waals surface area contributed by atoms with E-state index in [0.717, 1.165) is 25.1 Å². The molecule has 18 heavy (non-hydrogen) atoms. The van der Waals surface area contributed by atoms with Gasteiger partial charge in [0.25, 0.3) is 0 Å². The van der Waals surface area contributed by atoms with Crippen LogP contribution in [0.3, 0.4) is 0 Å². The third-order valence-electron chi connectivity index (χ3n) is 2.67. The molecule has 0 radical (unpaired) electrons. The number of unbranched alkanes of at least 4 members (excludes halogenated alkanes) is 1. The third kappa shape index (κ3) is 3.70. The predicted molar refractivity (Wildman–Crippen MR) is 66.7 cm³/mol. The van der Waals surface area contributed by atoms with E-state index in [4.69, 9.17) is 9.78 Å². The molecule has 0 atom stereocenters. The Bertz CT molecular complexity index is 513. The molecular formula is C14H15N3O. The van der Waals surface area contributed by atoms with Crippen LogP contribution in [0.1, 0.15) is 30.1 Å². The highest BCUT2D eigenvalue weighted by Crippen LogP contribution is 2.07. The Hall–Kier alpha value is -2.15. The number of hydrogen-bond acceptors (Lipinski definition) is 4. The Morgan fingerprint density at radius 2 is 1.94 bits per heavy atom. The van der Waals surface area contributed by atoms with Gasteiger partial charge in [0.2, 0.25) is 5.89 Å². The SMILES string of the molecule is N#CCCCc1nc(CCc2ccccc2)no1. The Labute approximate surface area is 106 Å². The van der Waals surface area contributed by atoms with Crippen LogP contribution in [0.15, 0.2) is 34.9 Å². The van der Waals surface area contributed by atoms with E-state index in [9.17, 15) is 0 Å². The second-order valence-corrected chi connectivity index (χ2v) is 4.10. The van der Waals surface area contributed by atoms with E-state index < -0.39 is 0 Å². The molecule has 92 valence electrons. The van der Waals surface area contributed by atoms with Gasteiger partial charge in [-0.25, -0.2) is 0 Å². The molecule has 4 heteroatoms. The molecular weight excluding hydrogens is 226 g/mol. The molecule has 1 aromatic carbocycles. The lowest BCUT2D eigenvalue weighted by Crippen LogP contribution is -1.94. The van der Waals surface area contributed by atoms with Crippen molar-refractivity contribution in [2.24, 2.45) is 0 Å². The van der Waals surface area contributed by atoms with Gasteiger partial charge in [0.15, 0.2) is 5.82 Å². The zero-order chi connectivity index (χ0) is 12.6. The third-order valence-corrected chi connectivity index (χ3v) is 2.67. The van der Waals surface area contributed by atoms with Gasteiger partial charge in [-0.15, -0.1) is 0 Å². The van der Waals surface area contributed by atoms with Crippen LogP contribution in [0, 0.1) is 11.3 Å². The first-order valence-electron chi connectivity index (χ1n) is 6.11. The number of aryl methyl sites for hydroxylation is 3. The van der Waals surface area contributed by atoms with Crippen molar-refractivity contribution in [2.45, 2.75) is 32.1 Å². The monoisotopic (exact) mass is 241 g/mol. The first kappa shape index (κ1) is 12.3. The number of aromatic nitrogens is 2. The number of nitrogens with zero attached hydrogens (tertiary/aromatic N) is 3. The first-order chi connectivity index (χ1) is 8.88. The molecule has 2 aromatic rings. The first-order valence-corrected chi connectivity index (χ1v) is 6.11. The summed E-state index contributed by atoms with van der Waals surface area (Å²) in [7, 11) is 0. The summed E-state index contributed by atoms with van der Waals surface area (Å²) in [5, 5.41) is 12.4. The van der Waals surface area contributed by atoms with Gasteiger partial charge in [-0.3, -0.25) is 0 Å².